The van der Waals surface area contributed by atoms with Crippen LogP contribution in [0.1, 0.15) is 18.4 Å². The molecule has 1 aromatic rings. The van der Waals surface area contributed by atoms with Gasteiger partial charge in [0.2, 0.25) is 0 Å². The van der Waals surface area contributed by atoms with Crippen molar-refractivity contribution in [3.8, 4) is 0 Å². The van der Waals surface area contributed by atoms with Gasteiger partial charge >= 0.3 is 11.9 Å². The summed E-state index contributed by atoms with van der Waals surface area (Å²) in [6, 6.07) is 7.08. The van der Waals surface area contributed by atoms with Crippen LogP contribution in [0.15, 0.2) is 24.3 Å². The number of carbonyl (C=O) groups is 2. The molecule has 0 aromatic heterocycles. The number of benzene rings is 1. The molecule has 1 fully saturated rings. The highest BCUT2D eigenvalue weighted by atomic mass is 35.5. The third-order valence-electron chi connectivity index (χ3n) is 3.91. The third kappa shape index (κ3) is 2.94. The Balaban J connectivity index is 2.05. The van der Waals surface area contributed by atoms with Gasteiger partial charge in [-0.15, -0.1) is 0 Å². The Labute approximate surface area is 121 Å². The van der Waals surface area contributed by atoms with Crippen molar-refractivity contribution in [2.24, 2.45) is 17.6 Å². The molecule has 0 aliphatic heterocycles. The number of nitrogens with two attached hydrogens (primary N) is 1. The quantitative estimate of drug-likeness (QED) is 0.743. The fourth-order valence-electron chi connectivity index (χ4n) is 2.49. The molecular formula is C14H16ClNO4. The van der Waals surface area contributed by atoms with E-state index in [1.807, 2.05) is 12.1 Å². The van der Waals surface area contributed by atoms with E-state index in [1.165, 1.54) is 0 Å². The van der Waals surface area contributed by atoms with E-state index in [2.05, 4.69) is 0 Å². The van der Waals surface area contributed by atoms with Gasteiger partial charge in [0.15, 0.2) is 0 Å². The molecular weight excluding hydrogens is 282 g/mol. The standard InChI is InChI=1S/C14H16ClNO4/c15-9-3-1-8(2-4-9)5-6-14(16,13(19)20)11-7-10(11)12(17)18/h1-4,10-11H,5-7,16H2,(H,17,18)(H,19,20). The second kappa shape index (κ2) is 5.42. The van der Waals surface area contributed by atoms with Crippen LogP contribution in [0.25, 0.3) is 0 Å². The monoisotopic (exact) mass is 297 g/mol. The Morgan fingerprint density at radius 2 is 1.90 bits per heavy atom. The highest BCUT2D eigenvalue weighted by Gasteiger charge is 2.57. The van der Waals surface area contributed by atoms with Crippen molar-refractivity contribution in [1.29, 1.82) is 0 Å². The van der Waals surface area contributed by atoms with Gasteiger partial charge in [0, 0.05) is 10.9 Å². The van der Waals surface area contributed by atoms with Crippen LogP contribution in [0, 0.1) is 11.8 Å². The lowest BCUT2D eigenvalue weighted by atomic mass is 9.86. The lowest BCUT2D eigenvalue weighted by molar-refractivity contribution is -0.145. The van der Waals surface area contributed by atoms with Gasteiger partial charge < -0.3 is 15.9 Å². The molecule has 0 radical (unpaired) electrons. The Kier molecular flexibility index (Phi) is 4.01. The van der Waals surface area contributed by atoms with Crippen molar-refractivity contribution >= 4 is 23.5 Å². The lowest BCUT2D eigenvalue weighted by Gasteiger charge is -2.25. The topological polar surface area (TPSA) is 101 Å². The largest absolute Gasteiger partial charge is 0.481 e. The van der Waals surface area contributed by atoms with Gasteiger partial charge in [-0.25, -0.2) is 0 Å². The zero-order valence-corrected chi connectivity index (χ0v) is 11.5. The summed E-state index contributed by atoms with van der Waals surface area (Å²) >= 11 is 5.78. The van der Waals surface area contributed by atoms with Gasteiger partial charge in [0.1, 0.15) is 5.54 Å². The summed E-state index contributed by atoms with van der Waals surface area (Å²) in [6.07, 6.45) is 1.01. The maximum Gasteiger partial charge on any atom is 0.324 e. The molecule has 3 atom stereocenters. The van der Waals surface area contributed by atoms with E-state index in [1.54, 1.807) is 12.1 Å². The first-order valence-corrected chi connectivity index (χ1v) is 6.72. The molecule has 0 heterocycles. The highest BCUT2D eigenvalue weighted by Crippen LogP contribution is 2.47. The molecule has 5 nitrogen and oxygen atoms in total. The first-order chi connectivity index (χ1) is 9.34. The van der Waals surface area contributed by atoms with Gasteiger partial charge in [0.05, 0.1) is 5.92 Å². The van der Waals surface area contributed by atoms with E-state index >= 15 is 0 Å². The Hall–Kier alpha value is -1.59. The highest BCUT2D eigenvalue weighted by molar-refractivity contribution is 6.30. The van der Waals surface area contributed by atoms with Crippen LogP contribution in [0.5, 0.6) is 0 Å². The molecule has 2 rings (SSSR count). The summed E-state index contributed by atoms with van der Waals surface area (Å²) in [5.74, 6) is -3.25. The number of carboxylic acids is 2. The number of carboxylic acid groups (broad SMARTS) is 2. The van der Waals surface area contributed by atoms with Gasteiger partial charge in [-0.1, -0.05) is 23.7 Å². The van der Waals surface area contributed by atoms with E-state index in [4.69, 9.17) is 22.4 Å². The van der Waals surface area contributed by atoms with Crippen LogP contribution in [-0.2, 0) is 16.0 Å². The predicted octanol–water partition coefficient (Wildman–Crippen LogP) is 1.78. The van der Waals surface area contributed by atoms with Gasteiger partial charge in [-0.3, -0.25) is 9.59 Å². The summed E-state index contributed by atoms with van der Waals surface area (Å²) in [6.45, 7) is 0. The second-order valence-corrected chi connectivity index (χ2v) is 5.70. The molecule has 0 amide bonds. The number of aliphatic carboxylic acids is 2. The van der Waals surface area contributed by atoms with E-state index in [-0.39, 0.29) is 6.42 Å². The summed E-state index contributed by atoms with van der Waals surface area (Å²) in [7, 11) is 0. The molecule has 4 N–H and O–H groups in total. The average Bonchev–Trinajstić information content (AvgIpc) is 3.18. The normalized spacial score (nSPS) is 23.9. The van der Waals surface area contributed by atoms with Crippen LogP contribution in [0.2, 0.25) is 5.02 Å². The summed E-state index contributed by atoms with van der Waals surface area (Å²) in [4.78, 5) is 22.3. The summed E-state index contributed by atoms with van der Waals surface area (Å²) in [5, 5.41) is 18.9. The third-order valence-corrected chi connectivity index (χ3v) is 4.16. The maximum atomic E-state index is 11.4. The van der Waals surface area contributed by atoms with Crippen molar-refractivity contribution in [3.63, 3.8) is 0 Å². The van der Waals surface area contributed by atoms with E-state index < -0.39 is 29.3 Å². The minimum atomic E-state index is -1.48. The molecule has 20 heavy (non-hydrogen) atoms. The maximum absolute atomic E-state index is 11.4. The summed E-state index contributed by atoms with van der Waals surface area (Å²) < 4.78 is 0. The Morgan fingerprint density at radius 1 is 1.30 bits per heavy atom. The van der Waals surface area contributed by atoms with E-state index in [9.17, 15) is 14.7 Å². The molecule has 0 spiro atoms. The van der Waals surface area contributed by atoms with Gasteiger partial charge in [0.25, 0.3) is 0 Å². The smallest absolute Gasteiger partial charge is 0.324 e. The van der Waals surface area contributed by atoms with Crippen molar-refractivity contribution in [1.82, 2.24) is 0 Å². The van der Waals surface area contributed by atoms with Crippen molar-refractivity contribution in [2.45, 2.75) is 24.8 Å². The zero-order valence-electron chi connectivity index (χ0n) is 10.8. The second-order valence-electron chi connectivity index (χ2n) is 5.26. The van der Waals surface area contributed by atoms with Gasteiger partial charge in [-0.2, -0.15) is 0 Å². The molecule has 6 heteroatoms. The molecule has 108 valence electrons. The van der Waals surface area contributed by atoms with Crippen LogP contribution in [0.4, 0.5) is 0 Å². The summed E-state index contributed by atoms with van der Waals surface area (Å²) in [5.41, 5.74) is 5.41. The van der Waals surface area contributed by atoms with Gasteiger partial charge in [-0.05, 0) is 37.0 Å². The molecule has 0 saturated heterocycles. The molecule has 0 bridgehead atoms. The minimum Gasteiger partial charge on any atom is -0.481 e. The van der Waals surface area contributed by atoms with E-state index in [0.717, 1.165) is 5.56 Å². The minimum absolute atomic E-state index is 0.207. The van der Waals surface area contributed by atoms with Crippen molar-refractivity contribution < 1.29 is 19.8 Å². The van der Waals surface area contributed by atoms with Crippen LogP contribution in [0.3, 0.4) is 0 Å². The predicted molar refractivity (Wildman–Crippen MR) is 73.6 cm³/mol. The molecule has 1 aromatic carbocycles. The van der Waals surface area contributed by atoms with E-state index in [0.29, 0.717) is 17.9 Å². The Morgan fingerprint density at radius 3 is 2.35 bits per heavy atom. The molecule has 1 aliphatic carbocycles. The number of hydrogen-bond donors (Lipinski definition) is 3. The first kappa shape index (κ1) is 14.8. The molecule has 1 aliphatic rings. The average molecular weight is 298 g/mol. The van der Waals surface area contributed by atoms with Crippen LogP contribution >= 0.6 is 11.6 Å². The number of rotatable bonds is 6. The number of hydrogen-bond acceptors (Lipinski definition) is 3. The van der Waals surface area contributed by atoms with Crippen LogP contribution in [-0.4, -0.2) is 27.7 Å². The SMILES string of the molecule is NC(CCc1ccc(Cl)cc1)(C(=O)O)C1CC1C(=O)O. The fraction of sp³-hybridized carbons (Fsp3) is 0.429. The molecule has 1 saturated carbocycles. The Bertz CT molecular complexity index is 530. The first-order valence-electron chi connectivity index (χ1n) is 6.34. The lowest BCUT2D eigenvalue weighted by Crippen LogP contribution is -2.51. The number of aryl methyl sites for hydroxylation is 1. The fourth-order valence-corrected chi connectivity index (χ4v) is 2.62. The zero-order chi connectivity index (χ0) is 14.9. The van der Waals surface area contributed by atoms with Crippen LogP contribution < -0.4 is 5.73 Å². The van der Waals surface area contributed by atoms with Crippen molar-refractivity contribution in [3.05, 3.63) is 34.9 Å². The number of halogens is 1. The molecule has 3 unspecified atom stereocenters. The van der Waals surface area contributed by atoms with Crippen molar-refractivity contribution in [2.75, 3.05) is 0 Å².